The lowest BCUT2D eigenvalue weighted by Crippen LogP contribution is -2.23. The minimum Gasteiger partial charge on any atom is -0.152 e. The molecule has 0 radical (unpaired) electrons. The molecule has 0 aliphatic carbocycles. The molecule has 0 saturated carbocycles. The molecule has 1 aromatic rings. The maximum atomic E-state index is 5.97. The molecular weight excluding hydrogens is 200 g/mol. The molecule has 1 rings (SSSR count). The van der Waals surface area contributed by atoms with Gasteiger partial charge >= 0.3 is 0 Å². The van der Waals surface area contributed by atoms with Crippen LogP contribution in [0.4, 0.5) is 0 Å². The Morgan fingerprint density at radius 3 is 2.54 bits per heavy atom. The molecule has 0 fully saturated rings. The number of halogens is 1. The van der Waals surface area contributed by atoms with Crippen molar-refractivity contribution in [3.05, 3.63) is 22.4 Å². The average molecular weight is 217 g/mol. The van der Waals surface area contributed by atoms with Crippen LogP contribution in [0.3, 0.4) is 0 Å². The maximum absolute atomic E-state index is 5.97. The second-order valence-corrected chi connectivity index (χ2v) is 5.64. The Balaban J connectivity index is 2.60. The minimum absolute atomic E-state index is 0.309. The lowest BCUT2D eigenvalue weighted by molar-refractivity contribution is 0.264. The van der Waals surface area contributed by atoms with Gasteiger partial charge in [-0.3, -0.25) is 0 Å². The molecule has 0 nitrogen and oxygen atoms in total. The molecule has 2 heteroatoms. The van der Waals surface area contributed by atoms with Crippen molar-refractivity contribution in [2.24, 2.45) is 11.3 Å². The van der Waals surface area contributed by atoms with E-state index in [-0.39, 0.29) is 0 Å². The van der Waals surface area contributed by atoms with Crippen LogP contribution in [-0.2, 0) is 6.42 Å². The maximum Gasteiger partial charge on any atom is 0.0259 e. The van der Waals surface area contributed by atoms with Crippen molar-refractivity contribution < 1.29 is 0 Å². The summed E-state index contributed by atoms with van der Waals surface area (Å²) >= 11 is 7.73. The van der Waals surface area contributed by atoms with Crippen LogP contribution in [0, 0.1) is 11.3 Å². The first-order valence-electron chi connectivity index (χ1n) is 4.61. The first-order valence-corrected chi connectivity index (χ1v) is 6.09. The fourth-order valence-electron chi connectivity index (χ4n) is 1.29. The Bertz CT molecular complexity index is 233. The third-order valence-electron chi connectivity index (χ3n) is 2.47. The van der Waals surface area contributed by atoms with E-state index in [4.69, 9.17) is 11.6 Å². The van der Waals surface area contributed by atoms with Crippen LogP contribution in [-0.4, -0.2) is 5.88 Å². The molecule has 0 bridgehead atoms. The summed E-state index contributed by atoms with van der Waals surface area (Å²) in [6, 6.07) is 2.19. The predicted octanol–water partition coefficient (Wildman–Crippen LogP) is 4.19. The molecule has 1 aromatic heterocycles. The van der Waals surface area contributed by atoms with Crippen LogP contribution < -0.4 is 0 Å². The third kappa shape index (κ3) is 3.32. The van der Waals surface area contributed by atoms with Gasteiger partial charge in [0.05, 0.1) is 0 Å². The quantitative estimate of drug-likeness (QED) is 0.665. The van der Waals surface area contributed by atoms with Gasteiger partial charge in [0.15, 0.2) is 0 Å². The van der Waals surface area contributed by atoms with Crippen LogP contribution in [0.25, 0.3) is 0 Å². The molecule has 0 aliphatic heterocycles. The zero-order valence-electron chi connectivity index (χ0n) is 8.51. The Kier molecular flexibility index (Phi) is 3.81. The summed E-state index contributed by atoms with van der Waals surface area (Å²) in [4.78, 5) is 0. The Morgan fingerprint density at radius 1 is 1.46 bits per heavy atom. The molecule has 1 atom stereocenters. The first kappa shape index (κ1) is 11.1. The van der Waals surface area contributed by atoms with Crippen molar-refractivity contribution >= 4 is 22.9 Å². The molecule has 1 unspecified atom stereocenters. The van der Waals surface area contributed by atoms with Crippen LogP contribution in [0.5, 0.6) is 0 Å². The molecule has 0 N–H and O–H groups in total. The van der Waals surface area contributed by atoms with Crippen LogP contribution in [0.1, 0.15) is 26.3 Å². The van der Waals surface area contributed by atoms with Crippen LogP contribution in [0.15, 0.2) is 16.8 Å². The van der Waals surface area contributed by atoms with Crippen molar-refractivity contribution in [3.63, 3.8) is 0 Å². The van der Waals surface area contributed by atoms with Gasteiger partial charge in [-0.2, -0.15) is 11.3 Å². The van der Waals surface area contributed by atoms with Crippen molar-refractivity contribution in [1.29, 1.82) is 0 Å². The van der Waals surface area contributed by atoms with Crippen molar-refractivity contribution in [2.45, 2.75) is 27.2 Å². The van der Waals surface area contributed by atoms with Gasteiger partial charge in [-0.15, -0.1) is 11.6 Å². The summed E-state index contributed by atoms with van der Waals surface area (Å²) in [5.74, 6) is 1.32. The lowest BCUT2D eigenvalue weighted by Gasteiger charge is -2.28. The summed E-state index contributed by atoms with van der Waals surface area (Å²) < 4.78 is 0. The number of hydrogen-bond acceptors (Lipinski definition) is 1. The SMILES string of the molecule is CC(C)(C)C(CCl)Cc1ccsc1. The Hall–Kier alpha value is -0.0100. The fraction of sp³-hybridized carbons (Fsp3) is 0.636. The summed E-state index contributed by atoms with van der Waals surface area (Å²) in [6.07, 6.45) is 1.11. The third-order valence-corrected chi connectivity index (χ3v) is 3.58. The molecule has 0 aromatic carbocycles. The molecule has 13 heavy (non-hydrogen) atoms. The highest BCUT2D eigenvalue weighted by Crippen LogP contribution is 2.30. The summed E-state index contributed by atoms with van der Waals surface area (Å²) in [5.41, 5.74) is 1.73. The second-order valence-electron chi connectivity index (χ2n) is 4.55. The summed E-state index contributed by atoms with van der Waals surface area (Å²) in [7, 11) is 0. The molecular formula is C11H17ClS. The van der Waals surface area contributed by atoms with E-state index >= 15 is 0 Å². The van der Waals surface area contributed by atoms with E-state index in [1.54, 1.807) is 11.3 Å². The number of hydrogen-bond donors (Lipinski definition) is 0. The Morgan fingerprint density at radius 2 is 2.15 bits per heavy atom. The van der Waals surface area contributed by atoms with Gasteiger partial charge < -0.3 is 0 Å². The van der Waals surface area contributed by atoms with Gasteiger partial charge in [0.1, 0.15) is 0 Å². The second kappa shape index (κ2) is 4.47. The van der Waals surface area contributed by atoms with E-state index in [0.717, 1.165) is 12.3 Å². The zero-order chi connectivity index (χ0) is 9.90. The Labute approximate surface area is 89.9 Å². The van der Waals surface area contributed by atoms with Gasteiger partial charge in [-0.25, -0.2) is 0 Å². The molecule has 74 valence electrons. The van der Waals surface area contributed by atoms with E-state index in [9.17, 15) is 0 Å². The van der Waals surface area contributed by atoms with E-state index in [2.05, 4.69) is 37.6 Å². The smallest absolute Gasteiger partial charge is 0.0259 e. The predicted molar refractivity (Wildman–Crippen MR) is 61.7 cm³/mol. The normalized spacial score (nSPS) is 14.5. The summed E-state index contributed by atoms with van der Waals surface area (Å²) in [6.45, 7) is 6.77. The number of alkyl halides is 1. The number of thiophene rings is 1. The highest BCUT2D eigenvalue weighted by molar-refractivity contribution is 7.07. The highest BCUT2D eigenvalue weighted by Gasteiger charge is 2.23. The van der Waals surface area contributed by atoms with Gasteiger partial charge in [-0.05, 0) is 40.1 Å². The van der Waals surface area contributed by atoms with E-state index < -0.39 is 0 Å². The largest absolute Gasteiger partial charge is 0.152 e. The van der Waals surface area contributed by atoms with Gasteiger partial charge in [0.25, 0.3) is 0 Å². The fourth-order valence-corrected chi connectivity index (χ4v) is 2.54. The number of rotatable bonds is 3. The van der Waals surface area contributed by atoms with E-state index in [1.165, 1.54) is 5.56 Å². The standard InChI is InChI=1S/C11H17ClS/c1-11(2,3)10(7-12)6-9-4-5-13-8-9/h4-5,8,10H,6-7H2,1-3H3. The van der Waals surface area contributed by atoms with Crippen molar-refractivity contribution in [3.8, 4) is 0 Å². The minimum atomic E-state index is 0.309. The zero-order valence-corrected chi connectivity index (χ0v) is 10.1. The van der Waals surface area contributed by atoms with E-state index in [1.807, 2.05) is 0 Å². The summed E-state index contributed by atoms with van der Waals surface area (Å²) in [5, 5.41) is 4.34. The lowest BCUT2D eigenvalue weighted by atomic mass is 9.79. The molecule has 0 aliphatic rings. The molecule has 1 heterocycles. The van der Waals surface area contributed by atoms with Gasteiger partial charge in [-0.1, -0.05) is 20.8 Å². The average Bonchev–Trinajstić information content (AvgIpc) is 2.49. The van der Waals surface area contributed by atoms with Gasteiger partial charge in [0, 0.05) is 5.88 Å². The monoisotopic (exact) mass is 216 g/mol. The van der Waals surface area contributed by atoms with Gasteiger partial charge in [0.2, 0.25) is 0 Å². The van der Waals surface area contributed by atoms with Crippen LogP contribution in [0.2, 0.25) is 0 Å². The van der Waals surface area contributed by atoms with Crippen LogP contribution >= 0.6 is 22.9 Å². The molecule has 0 spiro atoms. The molecule has 0 amide bonds. The van der Waals surface area contributed by atoms with Crippen molar-refractivity contribution in [2.75, 3.05) is 5.88 Å². The van der Waals surface area contributed by atoms with E-state index in [0.29, 0.717) is 11.3 Å². The first-order chi connectivity index (χ1) is 6.04. The topological polar surface area (TPSA) is 0 Å². The molecule has 0 saturated heterocycles. The highest BCUT2D eigenvalue weighted by atomic mass is 35.5. The van der Waals surface area contributed by atoms with Crippen molar-refractivity contribution in [1.82, 2.24) is 0 Å².